The molecule has 0 saturated heterocycles. The van der Waals surface area contributed by atoms with Crippen molar-refractivity contribution in [2.75, 3.05) is 11.9 Å². The summed E-state index contributed by atoms with van der Waals surface area (Å²) < 4.78 is 0. The molecule has 106 valence electrons. The van der Waals surface area contributed by atoms with Gasteiger partial charge in [-0.25, -0.2) is 4.98 Å². The highest BCUT2D eigenvalue weighted by Gasteiger charge is 2.09. The van der Waals surface area contributed by atoms with Crippen LogP contribution in [0.15, 0.2) is 24.5 Å². The lowest BCUT2D eigenvalue weighted by Gasteiger charge is -2.05. The molecule has 2 rings (SSSR count). The zero-order valence-electron chi connectivity index (χ0n) is 11.6. The molecule has 2 heterocycles. The van der Waals surface area contributed by atoms with Crippen LogP contribution in [-0.4, -0.2) is 22.4 Å². The van der Waals surface area contributed by atoms with Gasteiger partial charge in [0.2, 0.25) is 0 Å². The fraction of sp³-hybridized carbons (Fsp3) is 0.357. The van der Waals surface area contributed by atoms with Crippen LogP contribution in [0.3, 0.4) is 0 Å². The van der Waals surface area contributed by atoms with Crippen LogP contribution in [0.2, 0.25) is 0 Å². The second-order valence-corrected chi connectivity index (χ2v) is 5.48. The summed E-state index contributed by atoms with van der Waals surface area (Å²) in [7, 11) is 0. The summed E-state index contributed by atoms with van der Waals surface area (Å²) in [5.41, 5.74) is 0.329. The molecule has 20 heavy (non-hydrogen) atoms. The maximum absolute atomic E-state index is 12.0. The van der Waals surface area contributed by atoms with E-state index in [0.717, 1.165) is 17.8 Å². The van der Waals surface area contributed by atoms with Crippen molar-refractivity contribution in [1.82, 2.24) is 15.3 Å². The van der Waals surface area contributed by atoms with Crippen molar-refractivity contribution >= 4 is 23.1 Å². The van der Waals surface area contributed by atoms with E-state index in [9.17, 15) is 4.79 Å². The van der Waals surface area contributed by atoms with Gasteiger partial charge in [0.25, 0.3) is 5.91 Å². The van der Waals surface area contributed by atoms with Gasteiger partial charge in [0.05, 0.1) is 18.9 Å². The number of amides is 1. The van der Waals surface area contributed by atoms with Crippen molar-refractivity contribution in [3.63, 3.8) is 0 Å². The SMILES string of the molecule is CCNc1cncc(C(=O)NCc2ccc(CC)s2)n1. The minimum absolute atomic E-state index is 0.205. The van der Waals surface area contributed by atoms with Crippen molar-refractivity contribution < 1.29 is 4.79 Å². The van der Waals surface area contributed by atoms with E-state index in [1.54, 1.807) is 17.5 Å². The molecule has 0 radical (unpaired) electrons. The number of aryl methyl sites for hydroxylation is 1. The minimum Gasteiger partial charge on any atom is -0.369 e. The maximum atomic E-state index is 12.0. The molecule has 0 saturated carbocycles. The van der Waals surface area contributed by atoms with Crippen molar-refractivity contribution in [3.8, 4) is 0 Å². The Bertz CT molecular complexity index is 582. The molecule has 2 aromatic heterocycles. The fourth-order valence-electron chi connectivity index (χ4n) is 1.71. The second-order valence-electron chi connectivity index (χ2n) is 4.22. The van der Waals surface area contributed by atoms with Gasteiger partial charge in [-0.15, -0.1) is 11.3 Å². The number of anilines is 1. The van der Waals surface area contributed by atoms with Crippen molar-refractivity contribution in [1.29, 1.82) is 0 Å². The zero-order valence-corrected chi connectivity index (χ0v) is 12.5. The van der Waals surface area contributed by atoms with Crippen LogP contribution in [0, 0.1) is 0 Å². The van der Waals surface area contributed by atoms with Crippen molar-refractivity contribution in [2.24, 2.45) is 0 Å². The number of carbonyl (C=O) groups is 1. The predicted molar refractivity (Wildman–Crippen MR) is 81.1 cm³/mol. The molecule has 1 amide bonds. The van der Waals surface area contributed by atoms with E-state index in [1.165, 1.54) is 11.1 Å². The highest BCUT2D eigenvalue weighted by Crippen LogP contribution is 2.16. The molecule has 2 aromatic rings. The first-order valence-corrected chi connectivity index (χ1v) is 7.46. The third-order valence-electron chi connectivity index (χ3n) is 2.71. The molecule has 0 unspecified atom stereocenters. The minimum atomic E-state index is -0.205. The molecule has 0 spiro atoms. The van der Waals surface area contributed by atoms with E-state index in [1.807, 2.05) is 13.0 Å². The Kier molecular flexibility index (Phi) is 5.06. The molecule has 0 aliphatic carbocycles. The van der Waals surface area contributed by atoms with Gasteiger partial charge in [0, 0.05) is 16.3 Å². The Hall–Kier alpha value is -1.95. The standard InChI is InChI=1S/C14H18N4OS/c1-3-10-5-6-11(20-10)7-17-14(19)12-8-15-9-13(18-12)16-4-2/h5-6,8-9H,3-4,7H2,1-2H3,(H,16,18)(H,17,19). The molecular weight excluding hydrogens is 272 g/mol. The van der Waals surface area contributed by atoms with E-state index < -0.39 is 0 Å². The quantitative estimate of drug-likeness (QED) is 0.857. The number of hydrogen-bond donors (Lipinski definition) is 2. The van der Waals surface area contributed by atoms with Gasteiger partial charge in [-0.05, 0) is 25.5 Å². The largest absolute Gasteiger partial charge is 0.369 e. The summed E-state index contributed by atoms with van der Waals surface area (Å²) in [5, 5.41) is 5.90. The Balaban J connectivity index is 1.95. The van der Waals surface area contributed by atoms with Crippen LogP contribution >= 0.6 is 11.3 Å². The van der Waals surface area contributed by atoms with Crippen LogP contribution in [-0.2, 0) is 13.0 Å². The van der Waals surface area contributed by atoms with E-state index in [-0.39, 0.29) is 5.91 Å². The van der Waals surface area contributed by atoms with Gasteiger partial charge in [-0.2, -0.15) is 0 Å². The van der Waals surface area contributed by atoms with Gasteiger partial charge in [0.15, 0.2) is 0 Å². The Morgan fingerprint density at radius 3 is 2.75 bits per heavy atom. The summed E-state index contributed by atoms with van der Waals surface area (Å²) in [5.74, 6) is 0.410. The molecular formula is C14H18N4OS. The average molecular weight is 290 g/mol. The summed E-state index contributed by atoms with van der Waals surface area (Å²) in [6.07, 6.45) is 4.10. The summed E-state index contributed by atoms with van der Waals surface area (Å²) in [6, 6.07) is 4.14. The number of nitrogens with one attached hydrogen (secondary N) is 2. The lowest BCUT2D eigenvalue weighted by molar-refractivity contribution is 0.0946. The molecule has 0 aromatic carbocycles. The molecule has 5 nitrogen and oxygen atoms in total. The average Bonchev–Trinajstić information content (AvgIpc) is 2.93. The third-order valence-corrected chi connectivity index (χ3v) is 3.94. The van der Waals surface area contributed by atoms with Crippen LogP contribution in [0.4, 0.5) is 5.82 Å². The van der Waals surface area contributed by atoms with Crippen LogP contribution in [0.25, 0.3) is 0 Å². The van der Waals surface area contributed by atoms with E-state index in [2.05, 4.69) is 33.6 Å². The van der Waals surface area contributed by atoms with Crippen molar-refractivity contribution in [2.45, 2.75) is 26.8 Å². The molecule has 0 bridgehead atoms. The Morgan fingerprint density at radius 2 is 2.05 bits per heavy atom. The summed E-state index contributed by atoms with van der Waals surface area (Å²) in [6.45, 7) is 5.36. The number of rotatable bonds is 6. The predicted octanol–water partition coefficient (Wildman–Crippen LogP) is 2.46. The van der Waals surface area contributed by atoms with Crippen LogP contribution in [0.1, 0.15) is 34.1 Å². The number of nitrogens with zero attached hydrogens (tertiary/aromatic N) is 2. The molecule has 0 aliphatic rings. The number of hydrogen-bond acceptors (Lipinski definition) is 5. The third kappa shape index (κ3) is 3.77. The molecule has 6 heteroatoms. The number of thiophene rings is 1. The van der Waals surface area contributed by atoms with Crippen LogP contribution < -0.4 is 10.6 Å². The molecule has 0 aliphatic heterocycles. The first kappa shape index (κ1) is 14.5. The first-order valence-electron chi connectivity index (χ1n) is 6.64. The smallest absolute Gasteiger partial charge is 0.271 e. The first-order chi connectivity index (χ1) is 9.72. The maximum Gasteiger partial charge on any atom is 0.271 e. The molecule has 0 atom stereocenters. The van der Waals surface area contributed by atoms with Gasteiger partial charge >= 0.3 is 0 Å². The van der Waals surface area contributed by atoms with Gasteiger partial charge in [-0.3, -0.25) is 9.78 Å². The van der Waals surface area contributed by atoms with Gasteiger partial charge < -0.3 is 10.6 Å². The fourth-order valence-corrected chi connectivity index (χ4v) is 2.60. The Labute approximate surface area is 122 Å². The topological polar surface area (TPSA) is 66.9 Å². The second kappa shape index (κ2) is 7.00. The molecule has 2 N–H and O–H groups in total. The molecule has 0 fully saturated rings. The van der Waals surface area contributed by atoms with Gasteiger partial charge in [-0.1, -0.05) is 6.92 Å². The van der Waals surface area contributed by atoms with Gasteiger partial charge in [0.1, 0.15) is 11.5 Å². The lowest BCUT2D eigenvalue weighted by Crippen LogP contribution is -2.23. The summed E-state index contributed by atoms with van der Waals surface area (Å²) >= 11 is 1.72. The highest BCUT2D eigenvalue weighted by atomic mass is 32.1. The normalized spacial score (nSPS) is 10.3. The number of aromatic nitrogens is 2. The van der Waals surface area contributed by atoms with Crippen molar-refractivity contribution in [3.05, 3.63) is 40.0 Å². The Morgan fingerprint density at radius 1 is 1.25 bits per heavy atom. The van der Waals surface area contributed by atoms with E-state index in [0.29, 0.717) is 18.1 Å². The van der Waals surface area contributed by atoms with E-state index in [4.69, 9.17) is 0 Å². The van der Waals surface area contributed by atoms with Crippen LogP contribution in [0.5, 0.6) is 0 Å². The monoisotopic (exact) mass is 290 g/mol. The lowest BCUT2D eigenvalue weighted by atomic mass is 10.3. The zero-order chi connectivity index (χ0) is 14.4. The highest BCUT2D eigenvalue weighted by molar-refractivity contribution is 7.11. The number of carbonyl (C=O) groups excluding carboxylic acids is 1. The van der Waals surface area contributed by atoms with E-state index >= 15 is 0 Å². The summed E-state index contributed by atoms with van der Waals surface area (Å²) in [4.78, 5) is 22.7.